The summed E-state index contributed by atoms with van der Waals surface area (Å²) in [5.74, 6) is 6.22. The number of rotatable bonds is 1. The van der Waals surface area contributed by atoms with E-state index in [0.29, 0.717) is 5.56 Å². The van der Waals surface area contributed by atoms with Crippen molar-refractivity contribution in [2.75, 3.05) is 5.84 Å². The molecule has 0 aliphatic rings. The van der Waals surface area contributed by atoms with E-state index in [2.05, 4.69) is 24.3 Å². The molecule has 2 aromatic carbocycles. The fraction of sp³-hybridized carbons (Fsp3) is 0. The van der Waals surface area contributed by atoms with Crippen LogP contribution in [0.4, 0.5) is 0 Å². The van der Waals surface area contributed by atoms with Gasteiger partial charge in [-0.15, -0.1) is 11.3 Å². The van der Waals surface area contributed by atoms with E-state index in [1.54, 1.807) is 22.1 Å². The fourth-order valence-corrected chi connectivity index (χ4v) is 3.68. The molecule has 0 aliphatic carbocycles. The highest BCUT2D eigenvalue weighted by Crippen LogP contribution is 2.35. The lowest BCUT2D eigenvalue weighted by atomic mass is 10.2. The van der Waals surface area contributed by atoms with Gasteiger partial charge in [0.15, 0.2) is 0 Å². The predicted molar refractivity (Wildman–Crippen MR) is 87.6 cm³/mol. The van der Waals surface area contributed by atoms with Gasteiger partial charge in [0.1, 0.15) is 0 Å². The van der Waals surface area contributed by atoms with Crippen LogP contribution in [-0.4, -0.2) is 4.68 Å². The van der Waals surface area contributed by atoms with Crippen molar-refractivity contribution in [3.05, 3.63) is 60.2 Å². The van der Waals surface area contributed by atoms with Crippen LogP contribution in [0.25, 0.3) is 31.6 Å². The van der Waals surface area contributed by atoms with E-state index in [0.717, 1.165) is 21.5 Å². The normalized spacial score (nSPS) is 11.0. The molecule has 4 aromatic rings. The largest absolute Gasteiger partial charge is 0.339 e. The van der Waals surface area contributed by atoms with E-state index in [9.17, 15) is 0 Å². The van der Waals surface area contributed by atoms with Crippen LogP contribution >= 0.6 is 11.3 Å². The van der Waals surface area contributed by atoms with Crippen LogP contribution < -0.4 is 5.84 Å². The van der Waals surface area contributed by atoms with E-state index in [1.165, 1.54) is 10.1 Å². The number of thiophene rings is 1. The van der Waals surface area contributed by atoms with Crippen LogP contribution in [0.2, 0.25) is 0 Å². The van der Waals surface area contributed by atoms with Crippen LogP contribution in [0.3, 0.4) is 0 Å². The number of benzene rings is 2. The van der Waals surface area contributed by atoms with Gasteiger partial charge in [0.05, 0.1) is 27.7 Å². The van der Waals surface area contributed by atoms with Gasteiger partial charge in [0, 0.05) is 10.1 Å². The van der Waals surface area contributed by atoms with Gasteiger partial charge in [-0.3, -0.25) is 4.68 Å². The second kappa shape index (κ2) is 4.37. The standard InChI is InChI=1S/C17H11N3S/c18-10-11-5-6-14-13(7-11)8-15(20(14)19)17-9-12-3-1-2-4-16(12)21-17/h1-9H,19H2. The number of fused-ring (bicyclic) bond motifs is 2. The van der Waals surface area contributed by atoms with Gasteiger partial charge in [-0.05, 0) is 41.8 Å². The van der Waals surface area contributed by atoms with E-state index >= 15 is 0 Å². The van der Waals surface area contributed by atoms with Crippen molar-refractivity contribution in [3.63, 3.8) is 0 Å². The first kappa shape index (κ1) is 12.0. The maximum Gasteiger partial charge on any atom is 0.0991 e. The Kier molecular flexibility index (Phi) is 2.50. The lowest BCUT2D eigenvalue weighted by molar-refractivity contribution is 1.08. The molecule has 0 spiro atoms. The number of nitriles is 1. The summed E-state index contributed by atoms with van der Waals surface area (Å²) < 4.78 is 2.94. The third-order valence-corrected chi connectivity index (χ3v) is 4.78. The Balaban J connectivity index is 1.97. The van der Waals surface area contributed by atoms with E-state index in [-0.39, 0.29) is 0 Å². The summed E-state index contributed by atoms with van der Waals surface area (Å²) in [7, 11) is 0. The minimum absolute atomic E-state index is 0.649. The fourth-order valence-electron chi connectivity index (χ4n) is 2.60. The third kappa shape index (κ3) is 1.79. The molecule has 21 heavy (non-hydrogen) atoms. The highest BCUT2D eigenvalue weighted by Gasteiger charge is 2.12. The van der Waals surface area contributed by atoms with Crippen LogP contribution in [-0.2, 0) is 0 Å². The number of aromatic nitrogens is 1. The molecule has 0 bridgehead atoms. The first-order valence-electron chi connectivity index (χ1n) is 6.56. The third-order valence-electron chi connectivity index (χ3n) is 3.65. The molecule has 0 atom stereocenters. The molecule has 4 heteroatoms. The molecular formula is C17H11N3S. The van der Waals surface area contributed by atoms with E-state index in [4.69, 9.17) is 11.1 Å². The number of nitrogen functional groups attached to an aromatic ring is 1. The zero-order chi connectivity index (χ0) is 14.4. The SMILES string of the molecule is N#Cc1ccc2c(c1)cc(-c1cc3ccccc3s1)n2N. The quantitative estimate of drug-likeness (QED) is 0.536. The van der Waals surface area contributed by atoms with E-state index < -0.39 is 0 Å². The van der Waals surface area contributed by atoms with Gasteiger partial charge in [-0.2, -0.15) is 5.26 Å². The van der Waals surface area contributed by atoms with Gasteiger partial charge in [-0.25, -0.2) is 0 Å². The lowest BCUT2D eigenvalue weighted by Gasteiger charge is -2.01. The molecule has 0 unspecified atom stereocenters. The van der Waals surface area contributed by atoms with Crippen molar-refractivity contribution < 1.29 is 0 Å². The Labute approximate surface area is 125 Å². The van der Waals surface area contributed by atoms with Crippen LogP contribution in [0.5, 0.6) is 0 Å². The molecule has 3 nitrogen and oxygen atoms in total. The maximum absolute atomic E-state index is 9.00. The van der Waals surface area contributed by atoms with Gasteiger partial charge in [0.2, 0.25) is 0 Å². The zero-order valence-corrected chi connectivity index (χ0v) is 11.9. The summed E-state index contributed by atoms with van der Waals surface area (Å²) in [6.07, 6.45) is 0. The summed E-state index contributed by atoms with van der Waals surface area (Å²) in [5, 5.41) is 11.2. The van der Waals surface area contributed by atoms with E-state index in [1.807, 2.05) is 30.3 Å². The second-order valence-corrected chi connectivity index (χ2v) is 6.02. The lowest BCUT2D eigenvalue weighted by Crippen LogP contribution is -2.08. The van der Waals surface area contributed by atoms with Gasteiger partial charge in [-0.1, -0.05) is 18.2 Å². The maximum atomic E-state index is 9.00. The Morgan fingerprint density at radius 2 is 1.86 bits per heavy atom. The number of nitrogens with zero attached hydrogens (tertiary/aromatic N) is 2. The molecule has 0 saturated heterocycles. The van der Waals surface area contributed by atoms with Gasteiger partial charge in [0.25, 0.3) is 0 Å². The average Bonchev–Trinajstić information content (AvgIpc) is 3.08. The Bertz CT molecular complexity index is 985. The summed E-state index contributed by atoms with van der Waals surface area (Å²) in [5.41, 5.74) is 2.55. The highest BCUT2D eigenvalue weighted by atomic mass is 32.1. The van der Waals surface area contributed by atoms with Crippen LogP contribution in [0, 0.1) is 11.3 Å². The Morgan fingerprint density at radius 3 is 2.67 bits per heavy atom. The van der Waals surface area contributed by atoms with Crippen molar-refractivity contribution in [1.82, 2.24) is 4.68 Å². The highest BCUT2D eigenvalue weighted by molar-refractivity contribution is 7.22. The molecule has 0 radical (unpaired) electrons. The Morgan fingerprint density at radius 1 is 1.00 bits per heavy atom. The Hall–Kier alpha value is -2.77. The summed E-state index contributed by atoms with van der Waals surface area (Å²) in [6, 6.07) is 20.2. The number of nitrogens with two attached hydrogens (primary N) is 1. The van der Waals surface area contributed by atoms with Crippen LogP contribution in [0.1, 0.15) is 5.56 Å². The minimum Gasteiger partial charge on any atom is -0.339 e. The van der Waals surface area contributed by atoms with Crippen molar-refractivity contribution in [2.24, 2.45) is 0 Å². The molecule has 0 fully saturated rings. The van der Waals surface area contributed by atoms with Crippen molar-refractivity contribution in [2.45, 2.75) is 0 Å². The summed E-state index contributed by atoms with van der Waals surface area (Å²) in [4.78, 5) is 1.13. The first-order chi connectivity index (χ1) is 10.3. The topological polar surface area (TPSA) is 54.7 Å². The number of hydrogen-bond donors (Lipinski definition) is 1. The molecule has 100 valence electrons. The first-order valence-corrected chi connectivity index (χ1v) is 7.37. The molecule has 0 saturated carbocycles. The molecular weight excluding hydrogens is 278 g/mol. The van der Waals surface area contributed by atoms with Gasteiger partial charge < -0.3 is 5.84 Å². The predicted octanol–water partition coefficient (Wildman–Crippen LogP) is 4.11. The minimum atomic E-state index is 0.649. The molecule has 2 heterocycles. The second-order valence-electron chi connectivity index (χ2n) is 4.93. The molecule has 0 amide bonds. The van der Waals surface area contributed by atoms with Crippen LogP contribution in [0.15, 0.2) is 54.6 Å². The molecule has 4 rings (SSSR count). The van der Waals surface area contributed by atoms with Crippen molar-refractivity contribution >= 4 is 32.3 Å². The molecule has 2 aromatic heterocycles. The number of hydrogen-bond acceptors (Lipinski definition) is 3. The smallest absolute Gasteiger partial charge is 0.0991 e. The zero-order valence-electron chi connectivity index (χ0n) is 11.1. The van der Waals surface area contributed by atoms with Crippen molar-refractivity contribution in [3.8, 4) is 16.6 Å². The average molecular weight is 289 g/mol. The van der Waals surface area contributed by atoms with Gasteiger partial charge >= 0.3 is 0 Å². The summed E-state index contributed by atoms with van der Waals surface area (Å²) in [6.45, 7) is 0. The van der Waals surface area contributed by atoms with Crippen molar-refractivity contribution in [1.29, 1.82) is 5.26 Å². The monoisotopic (exact) mass is 289 g/mol. The molecule has 0 aliphatic heterocycles. The summed E-state index contributed by atoms with van der Waals surface area (Å²) >= 11 is 1.72. The molecule has 2 N–H and O–H groups in total.